The molecule has 0 heterocycles. The van der Waals surface area contributed by atoms with Gasteiger partial charge in [0, 0.05) is 11.6 Å². The molecule has 0 aliphatic rings. The van der Waals surface area contributed by atoms with E-state index in [0.717, 1.165) is 13.0 Å². The minimum absolute atomic E-state index is 0.116. The minimum Gasteiger partial charge on any atom is -0.392 e. The van der Waals surface area contributed by atoms with Gasteiger partial charge >= 0.3 is 0 Å². The van der Waals surface area contributed by atoms with E-state index in [-0.39, 0.29) is 11.5 Å². The molecule has 1 aromatic rings. The van der Waals surface area contributed by atoms with Gasteiger partial charge in [-0.05, 0) is 50.8 Å². The van der Waals surface area contributed by atoms with Crippen molar-refractivity contribution in [2.75, 3.05) is 27.2 Å². The van der Waals surface area contributed by atoms with Crippen LogP contribution in [0.2, 0.25) is 5.02 Å². The molecule has 0 unspecified atom stereocenters. The molecular formula is C12H19ClN2O3S. The molecule has 1 rings (SSSR count). The highest BCUT2D eigenvalue weighted by Crippen LogP contribution is 2.20. The molecule has 0 aliphatic carbocycles. The van der Waals surface area contributed by atoms with E-state index in [0.29, 0.717) is 17.1 Å². The summed E-state index contributed by atoms with van der Waals surface area (Å²) in [7, 11) is 0.318. The number of hydrogen-bond donors (Lipinski definition) is 2. The smallest absolute Gasteiger partial charge is 0.240 e. The fourth-order valence-electron chi connectivity index (χ4n) is 1.52. The van der Waals surface area contributed by atoms with E-state index in [1.165, 1.54) is 18.2 Å². The van der Waals surface area contributed by atoms with Crippen LogP contribution in [0.5, 0.6) is 0 Å². The lowest BCUT2D eigenvalue weighted by Crippen LogP contribution is -2.27. The fourth-order valence-corrected chi connectivity index (χ4v) is 2.83. The molecule has 5 nitrogen and oxygen atoms in total. The first-order valence-corrected chi connectivity index (χ1v) is 7.76. The highest BCUT2D eigenvalue weighted by molar-refractivity contribution is 7.89. The van der Waals surface area contributed by atoms with E-state index >= 15 is 0 Å². The SMILES string of the molecule is CN(C)CCCNS(=O)(=O)c1ccc(Cl)c(CO)c1. The summed E-state index contributed by atoms with van der Waals surface area (Å²) in [5.74, 6) is 0. The molecule has 0 spiro atoms. The van der Waals surface area contributed by atoms with E-state index in [4.69, 9.17) is 16.7 Å². The standard InChI is InChI=1S/C12H19ClN2O3S/c1-15(2)7-3-6-14-19(17,18)11-4-5-12(13)10(8-11)9-16/h4-5,8,14,16H,3,6-7,9H2,1-2H3. The van der Waals surface area contributed by atoms with Crippen molar-refractivity contribution >= 4 is 21.6 Å². The summed E-state index contributed by atoms with van der Waals surface area (Å²) in [5, 5.41) is 9.43. The maximum atomic E-state index is 12.0. The van der Waals surface area contributed by atoms with Gasteiger partial charge in [-0.3, -0.25) is 0 Å². The van der Waals surface area contributed by atoms with E-state index in [2.05, 4.69) is 4.72 Å². The number of halogens is 1. The van der Waals surface area contributed by atoms with Crippen LogP contribution in [0.4, 0.5) is 0 Å². The van der Waals surface area contributed by atoms with Crippen LogP contribution < -0.4 is 4.72 Å². The first kappa shape index (κ1) is 16.4. The van der Waals surface area contributed by atoms with Crippen LogP contribution in [-0.2, 0) is 16.6 Å². The van der Waals surface area contributed by atoms with Gasteiger partial charge in [-0.1, -0.05) is 11.6 Å². The van der Waals surface area contributed by atoms with Gasteiger partial charge < -0.3 is 10.0 Å². The zero-order chi connectivity index (χ0) is 14.5. The quantitative estimate of drug-likeness (QED) is 0.739. The predicted molar refractivity (Wildman–Crippen MR) is 75.7 cm³/mol. The largest absolute Gasteiger partial charge is 0.392 e. The second-order valence-electron chi connectivity index (χ2n) is 4.47. The van der Waals surface area contributed by atoms with Gasteiger partial charge in [-0.15, -0.1) is 0 Å². The number of nitrogens with one attached hydrogen (secondary N) is 1. The molecule has 2 N–H and O–H groups in total. The lowest BCUT2D eigenvalue weighted by molar-refractivity contribution is 0.281. The van der Waals surface area contributed by atoms with Crippen molar-refractivity contribution in [2.45, 2.75) is 17.9 Å². The van der Waals surface area contributed by atoms with Crippen LogP contribution in [-0.4, -0.2) is 45.6 Å². The molecule has 0 aromatic heterocycles. The maximum Gasteiger partial charge on any atom is 0.240 e. The van der Waals surface area contributed by atoms with Gasteiger partial charge in [0.2, 0.25) is 10.0 Å². The first-order valence-electron chi connectivity index (χ1n) is 5.90. The van der Waals surface area contributed by atoms with Gasteiger partial charge in [-0.2, -0.15) is 0 Å². The Morgan fingerprint density at radius 1 is 1.37 bits per heavy atom. The molecule has 0 aliphatic heterocycles. The van der Waals surface area contributed by atoms with Crippen molar-refractivity contribution in [2.24, 2.45) is 0 Å². The molecule has 0 saturated carbocycles. The number of hydrogen-bond acceptors (Lipinski definition) is 4. The second kappa shape index (κ2) is 7.21. The van der Waals surface area contributed by atoms with Crippen LogP contribution in [0.15, 0.2) is 23.1 Å². The number of rotatable bonds is 7. The molecule has 0 atom stereocenters. The predicted octanol–water partition coefficient (Wildman–Crippen LogP) is 1.06. The summed E-state index contributed by atoms with van der Waals surface area (Å²) in [4.78, 5) is 2.10. The molecule has 1 aromatic carbocycles. The molecular weight excluding hydrogens is 288 g/mol. The molecule has 0 bridgehead atoms. The van der Waals surface area contributed by atoms with Crippen LogP contribution in [0.1, 0.15) is 12.0 Å². The molecule has 0 amide bonds. The average molecular weight is 307 g/mol. The Balaban J connectivity index is 2.72. The summed E-state index contributed by atoms with van der Waals surface area (Å²) < 4.78 is 26.5. The molecule has 0 radical (unpaired) electrons. The molecule has 0 saturated heterocycles. The van der Waals surface area contributed by atoms with Gasteiger partial charge in [0.05, 0.1) is 11.5 Å². The van der Waals surface area contributed by atoms with Gasteiger partial charge in [0.15, 0.2) is 0 Å². The lowest BCUT2D eigenvalue weighted by atomic mass is 10.2. The van der Waals surface area contributed by atoms with Crippen LogP contribution in [0.3, 0.4) is 0 Å². The zero-order valence-corrected chi connectivity index (χ0v) is 12.6. The summed E-state index contributed by atoms with van der Waals surface area (Å²) in [6.45, 7) is 0.894. The molecule has 0 fully saturated rings. The monoisotopic (exact) mass is 306 g/mol. The van der Waals surface area contributed by atoms with E-state index in [1.807, 2.05) is 19.0 Å². The minimum atomic E-state index is -3.55. The number of benzene rings is 1. The Hall–Kier alpha value is -0.660. The van der Waals surface area contributed by atoms with Crippen molar-refractivity contribution < 1.29 is 13.5 Å². The number of sulfonamides is 1. The van der Waals surface area contributed by atoms with Crippen LogP contribution >= 0.6 is 11.6 Å². The highest BCUT2D eigenvalue weighted by Gasteiger charge is 2.14. The Labute approximate surface area is 119 Å². The normalized spacial score (nSPS) is 12.1. The van der Waals surface area contributed by atoms with Gasteiger partial charge in [0.25, 0.3) is 0 Å². The third-order valence-electron chi connectivity index (χ3n) is 2.57. The molecule has 19 heavy (non-hydrogen) atoms. The topological polar surface area (TPSA) is 69.6 Å². The third-order valence-corrected chi connectivity index (χ3v) is 4.40. The summed E-state index contributed by atoms with van der Waals surface area (Å²) in [6, 6.07) is 4.29. The highest BCUT2D eigenvalue weighted by atomic mass is 35.5. The van der Waals surface area contributed by atoms with Crippen molar-refractivity contribution in [3.05, 3.63) is 28.8 Å². The lowest BCUT2D eigenvalue weighted by Gasteiger charge is -2.11. The van der Waals surface area contributed by atoms with Crippen LogP contribution in [0, 0.1) is 0 Å². The van der Waals surface area contributed by atoms with Crippen molar-refractivity contribution in [1.29, 1.82) is 0 Å². The molecule has 7 heteroatoms. The molecule has 108 valence electrons. The van der Waals surface area contributed by atoms with Crippen molar-refractivity contribution in [3.8, 4) is 0 Å². The fraction of sp³-hybridized carbons (Fsp3) is 0.500. The average Bonchev–Trinajstić information content (AvgIpc) is 2.35. The van der Waals surface area contributed by atoms with E-state index < -0.39 is 10.0 Å². The summed E-state index contributed by atoms with van der Waals surface area (Å²) in [5.41, 5.74) is 0.401. The Morgan fingerprint density at radius 3 is 2.63 bits per heavy atom. The Morgan fingerprint density at radius 2 is 2.05 bits per heavy atom. The zero-order valence-electron chi connectivity index (χ0n) is 11.1. The van der Waals surface area contributed by atoms with Crippen LogP contribution in [0.25, 0.3) is 0 Å². The second-order valence-corrected chi connectivity index (χ2v) is 6.64. The van der Waals surface area contributed by atoms with Gasteiger partial charge in [0.1, 0.15) is 0 Å². The van der Waals surface area contributed by atoms with Crippen molar-refractivity contribution in [3.63, 3.8) is 0 Å². The van der Waals surface area contributed by atoms with Crippen molar-refractivity contribution in [1.82, 2.24) is 9.62 Å². The third kappa shape index (κ3) is 5.08. The summed E-state index contributed by atoms with van der Waals surface area (Å²) in [6.07, 6.45) is 0.729. The summed E-state index contributed by atoms with van der Waals surface area (Å²) >= 11 is 5.83. The Kier molecular flexibility index (Phi) is 6.22. The Bertz CT molecular complexity index is 518. The number of aliphatic hydroxyl groups is 1. The van der Waals surface area contributed by atoms with E-state index in [9.17, 15) is 8.42 Å². The first-order chi connectivity index (χ1) is 8.86. The number of nitrogens with zero attached hydrogens (tertiary/aromatic N) is 1. The maximum absolute atomic E-state index is 12.0. The number of aliphatic hydroxyl groups excluding tert-OH is 1. The van der Waals surface area contributed by atoms with E-state index in [1.54, 1.807) is 0 Å². The van der Waals surface area contributed by atoms with Gasteiger partial charge in [-0.25, -0.2) is 13.1 Å².